The number of nitrogens with one attached hydrogen (secondary N) is 1. The average molecular weight is 216 g/mol. The zero-order chi connectivity index (χ0) is 11.8. The summed E-state index contributed by atoms with van der Waals surface area (Å²) in [5.41, 5.74) is 6.77. The summed E-state index contributed by atoms with van der Waals surface area (Å²) in [5, 5.41) is 11.5. The number of hydrogen-bond donors (Lipinski definition) is 2. The highest BCUT2D eigenvalue weighted by molar-refractivity contribution is 5.77. The minimum Gasteiger partial charge on any atom is -0.370 e. The maximum atomic E-state index is 8.58. The molecule has 0 saturated heterocycles. The third-order valence-corrected chi connectivity index (χ3v) is 2.08. The van der Waals surface area contributed by atoms with E-state index in [1.807, 2.05) is 37.3 Å². The topological polar surface area (TPSA) is 74.2 Å². The fourth-order valence-electron chi connectivity index (χ4n) is 1.12. The zero-order valence-electron chi connectivity index (χ0n) is 9.35. The first-order valence-electron chi connectivity index (χ1n) is 5.19. The van der Waals surface area contributed by atoms with Crippen LogP contribution in [0.4, 0.5) is 0 Å². The summed E-state index contributed by atoms with van der Waals surface area (Å²) in [6.45, 7) is 2.92. The zero-order valence-corrected chi connectivity index (χ0v) is 9.35. The number of guanidine groups is 1. The Labute approximate surface area is 95.8 Å². The van der Waals surface area contributed by atoms with E-state index in [1.165, 1.54) is 0 Å². The van der Waals surface area contributed by atoms with E-state index in [2.05, 4.69) is 16.4 Å². The number of benzene rings is 1. The van der Waals surface area contributed by atoms with Crippen LogP contribution in [-0.2, 0) is 6.54 Å². The van der Waals surface area contributed by atoms with Gasteiger partial charge in [0.15, 0.2) is 5.96 Å². The Morgan fingerprint density at radius 2 is 2.19 bits per heavy atom. The summed E-state index contributed by atoms with van der Waals surface area (Å²) in [6, 6.07) is 12.0. The molecule has 1 aromatic carbocycles. The van der Waals surface area contributed by atoms with E-state index in [0.29, 0.717) is 19.0 Å². The lowest BCUT2D eigenvalue weighted by Crippen LogP contribution is -2.34. The van der Waals surface area contributed by atoms with Crippen LogP contribution in [0.5, 0.6) is 0 Å². The second-order valence-electron chi connectivity index (χ2n) is 3.60. The Morgan fingerprint density at radius 1 is 1.50 bits per heavy atom. The lowest BCUT2D eigenvalue weighted by molar-refractivity contribution is 0.696. The number of nitrogens with two attached hydrogens (primary N) is 1. The first kappa shape index (κ1) is 12.1. The first-order valence-corrected chi connectivity index (χ1v) is 5.19. The van der Waals surface area contributed by atoms with Crippen molar-refractivity contribution in [1.29, 1.82) is 5.26 Å². The normalized spacial score (nSPS) is 12.9. The van der Waals surface area contributed by atoms with E-state index in [-0.39, 0.29) is 5.92 Å². The molecule has 1 atom stereocenters. The van der Waals surface area contributed by atoms with Crippen LogP contribution in [0.25, 0.3) is 0 Å². The van der Waals surface area contributed by atoms with Gasteiger partial charge in [-0.3, -0.25) is 0 Å². The number of hydrogen-bond acceptors (Lipinski definition) is 2. The number of nitrogens with zero attached hydrogens (tertiary/aromatic N) is 2. The van der Waals surface area contributed by atoms with Crippen molar-refractivity contribution >= 4 is 5.96 Å². The van der Waals surface area contributed by atoms with Gasteiger partial charge in [-0.2, -0.15) is 5.26 Å². The van der Waals surface area contributed by atoms with Crippen molar-refractivity contribution in [2.24, 2.45) is 16.6 Å². The summed E-state index contributed by atoms with van der Waals surface area (Å²) >= 11 is 0. The maximum absolute atomic E-state index is 8.58. The molecule has 4 nitrogen and oxygen atoms in total. The average Bonchev–Trinajstić information content (AvgIpc) is 2.34. The van der Waals surface area contributed by atoms with Crippen molar-refractivity contribution in [3.8, 4) is 6.07 Å². The quantitative estimate of drug-likeness (QED) is 0.587. The van der Waals surface area contributed by atoms with Gasteiger partial charge in [0.2, 0.25) is 0 Å². The number of aliphatic imine (C=N–C) groups is 1. The Morgan fingerprint density at radius 3 is 2.81 bits per heavy atom. The first-order chi connectivity index (χ1) is 7.72. The Bertz CT molecular complexity index is 378. The second-order valence-corrected chi connectivity index (χ2v) is 3.60. The van der Waals surface area contributed by atoms with Gasteiger partial charge in [-0.05, 0) is 12.5 Å². The molecule has 0 radical (unpaired) electrons. The third-order valence-electron chi connectivity index (χ3n) is 2.08. The molecule has 0 amide bonds. The lowest BCUT2D eigenvalue weighted by Gasteiger charge is -2.06. The van der Waals surface area contributed by atoms with Crippen LogP contribution in [0, 0.1) is 17.2 Å². The third kappa shape index (κ3) is 4.47. The fraction of sp³-hybridized carbons (Fsp3) is 0.333. The minimum absolute atomic E-state index is 0.0644. The maximum Gasteiger partial charge on any atom is 0.188 e. The summed E-state index contributed by atoms with van der Waals surface area (Å²) in [7, 11) is 0. The summed E-state index contributed by atoms with van der Waals surface area (Å²) in [5.74, 6) is 0.316. The van der Waals surface area contributed by atoms with Crippen molar-refractivity contribution in [2.45, 2.75) is 13.5 Å². The molecular formula is C12H16N4. The summed E-state index contributed by atoms with van der Waals surface area (Å²) < 4.78 is 0. The molecule has 0 spiro atoms. The van der Waals surface area contributed by atoms with Gasteiger partial charge in [-0.15, -0.1) is 0 Å². The predicted octanol–water partition coefficient (Wildman–Crippen LogP) is 1.25. The smallest absolute Gasteiger partial charge is 0.188 e. The van der Waals surface area contributed by atoms with Crippen LogP contribution in [0.15, 0.2) is 35.3 Å². The van der Waals surface area contributed by atoms with Gasteiger partial charge >= 0.3 is 0 Å². The Hall–Kier alpha value is -2.02. The fourth-order valence-corrected chi connectivity index (χ4v) is 1.12. The van der Waals surface area contributed by atoms with Gasteiger partial charge in [0.05, 0.1) is 18.5 Å². The molecule has 0 saturated carbocycles. The van der Waals surface area contributed by atoms with Crippen molar-refractivity contribution in [3.63, 3.8) is 0 Å². The van der Waals surface area contributed by atoms with Gasteiger partial charge in [-0.25, -0.2) is 4.99 Å². The van der Waals surface area contributed by atoms with Crippen LogP contribution < -0.4 is 11.1 Å². The minimum atomic E-state index is -0.0644. The molecule has 3 N–H and O–H groups in total. The predicted molar refractivity (Wildman–Crippen MR) is 64.5 cm³/mol. The Balaban J connectivity index is 2.38. The van der Waals surface area contributed by atoms with Crippen molar-refractivity contribution < 1.29 is 0 Å². The lowest BCUT2D eigenvalue weighted by atomic mass is 10.2. The van der Waals surface area contributed by atoms with E-state index in [4.69, 9.17) is 11.0 Å². The SMILES string of the molecule is CC(C#N)CNC(N)=NCc1ccccc1. The monoisotopic (exact) mass is 216 g/mol. The molecule has 0 aliphatic rings. The standard InChI is InChI=1S/C12H16N4/c1-10(7-13)8-15-12(14)16-9-11-5-3-2-4-6-11/h2-6,10H,8-9H2,1H3,(H3,14,15,16). The van der Waals surface area contributed by atoms with Crippen LogP contribution in [0.3, 0.4) is 0 Å². The van der Waals surface area contributed by atoms with Gasteiger partial charge in [0.1, 0.15) is 0 Å². The van der Waals surface area contributed by atoms with Crippen molar-refractivity contribution in [2.75, 3.05) is 6.54 Å². The second kappa shape index (κ2) is 6.46. The number of rotatable bonds is 4. The molecule has 0 bridgehead atoms. The highest BCUT2D eigenvalue weighted by Crippen LogP contribution is 1.99. The summed E-state index contributed by atoms with van der Waals surface area (Å²) in [6.07, 6.45) is 0. The number of nitriles is 1. The molecule has 16 heavy (non-hydrogen) atoms. The molecule has 4 heteroatoms. The van der Waals surface area contributed by atoms with E-state index in [0.717, 1.165) is 5.56 Å². The molecule has 0 aliphatic carbocycles. The van der Waals surface area contributed by atoms with E-state index in [1.54, 1.807) is 0 Å². The van der Waals surface area contributed by atoms with Crippen LogP contribution >= 0.6 is 0 Å². The molecule has 1 unspecified atom stereocenters. The van der Waals surface area contributed by atoms with E-state index >= 15 is 0 Å². The van der Waals surface area contributed by atoms with E-state index < -0.39 is 0 Å². The highest BCUT2D eigenvalue weighted by Gasteiger charge is 1.98. The van der Waals surface area contributed by atoms with E-state index in [9.17, 15) is 0 Å². The summed E-state index contributed by atoms with van der Waals surface area (Å²) in [4.78, 5) is 4.17. The molecule has 1 rings (SSSR count). The van der Waals surface area contributed by atoms with Gasteiger partial charge in [0, 0.05) is 6.54 Å². The molecule has 1 aromatic rings. The van der Waals surface area contributed by atoms with Crippen LogP contribution in [0.1, 0.15) is 12.5 Å². The molecule has 0 heterocycles. The molecule has 0 aromatic heterocycles. The van der Waals surface area contributed by atoms with Crippen LogP contribution in [-0.4, -0.2) is 12.5 Å². The molecule has 0 fully saturated rings. The largest absolute Gasteiger partial charge is 0.370 e. The van der Waals surface area contributed by atoms with Gasteiger partial charge in [-0.1, -0.05) is 30.3 Å². The highest BCUT2D eigenvalue weighted by atomic mass is 15.1. The molecular weight excluding hydrogens is 200 g/mol. The molecule has 0 aliphatic heterocycles. The van der Waals surface area contributed by atoms with Gasteiger partial charge < -0.3 is 11.1 Å². The Kier molecular flexibility index (Phi) is 4.87. The van der Waals surface area contributed by atoms with Crippen molar-refractivity contribution in [3.05, 3.63) is 35.9 Å². The van der Waals surface area contributed by atoms with Gasteiger partial charge in [0.25, 0.3) is 0 Å². The van der Waals surface area contributed by atoms with Crippen molar-refractivity contribution in [1.82, 2.24) is 5.32 Å². The van der Waals surface area contributed by atoms with Crippen LogP contribution in [0.2, 0.25) is 0 Å². The molecule has 84 valence electrons.